The van der Waals surface area contributed by atoms with Gasteiger partial charge in [0.05, 0.1) is 0 Å². The van der Waals surface area contributed by atoms with Crippen LogP contribution in [0.5, 0.6) is 0 Å². The van der Waals surface area contributed by atoms with E-state index in [0.29, 0.717) is 19.3 Å². The first kappa shape index (κ1) is 79.8. The van der Waals surface area contributed by atoms with Crippen LogP contribution in [0.3, 0.4) is 0 Å². The number of rotatable bonds is 67. The minimum absolute atomic E-state index is 0.0836. The van der Waals surface area contributed by atoms with Gasteiger partial charge in [0.25, 0.3) is 0 Å². The van der Waals surface area contributed by atoms with Gasteiger partial charge in [-0.2, -0.15) is 0 Å². The summed E-state index contributed by atoms with van der Waals surface area (Å²) in [5.74, 6) is -0.894. The molecule has 0 aromatic heterocycles. The summed E-state index contributed by atoms with van der Waals surface area (Å²) in [6.07, 6.45) is 93.8. The molecule has 0 rings (SSSR count). The second-order valence-electron chi connectivity index (χ2n) is 24.5. The van der Waals surface area contributed by atoms with Crippen molar-refractivity contribution in [1.82, 2.24) is 0 Å². The van der Waals surface area contributed by atoms with E-state index in [0.717, 1.165) is 122 Å². The Hall–Kier alpha value is -3.15. The van der Waals surface area contributed by atoms with Gasteiger partial charge < -0.3 is 14.2 Å². The molecule has 0 fully saturated rings. The van der Waals surface area contributed by atoms with Gasteiger partial charge in [-0.15, -0.1) is 0 Å². The Morgan fingerprint density at radius 2 is 0.470 bits per heavy atom. The van der Waals surface area contributed by atoms with Crippen molar-refractivity contribution in [3.8, 4) is 0 Å². The molecule has 6 heteroatoms. The predicted octanol–water partition coefficient (Wildman–Crippen LogP) is 25.2. The Kier molecular flexibility index (Phi) is 68.6. The Bertz CT molecular complexity index is 1520. The number of carbonyl (C=O) groups excluding carboxylic acids is 3. The smallest absolute Gasteiger partial charge is 0.306 e. The topological polar surface area (TPSA) is 78.9 Å². The third-order valence-electron chi connectivity index (χ3n) is 16.2. The lowest BCUT2D eigenvalue weighted by molar-refractivity contribution is -0.167. The van der Waals surface area contributed by atoms with Crippen molar-refractivity contribution in [2.45, 2.75) is 386 Å². The van der Waals surface area contributed by atoms with E-state index in [1.165, 1.54) is 218 Å². The molecule has 0 amide bonds. The van der Waals surface area contributed by atoms with E-state index in [1.807, 2.05) is 0 Å². The lowest BCUT2D eigenvalue weighted by atomic mass is 10.0. The van der Waals surface area contributed by atoms with Crippen molar-refractivity contribution in [3.63, 3.8) is 0 Å². The highest BCUT2D eigenvalue weighted by Crippen LogP contribution is 2.18. The van der Waals surface area contributed by atoms with Crippen LogP contribution < -0.4 is 0 Å². The second-order valence-corrected chi connectivity index (χ2v) is 24.5. The fraction of sp³-hybridized carbons (Fsp3) is 0.805. The number of carbonyl (C=O) groups is 3. The molecule has 0 N–H and O–H groups in total. The minimum Gasteiger partial charge on any atom is -0.462 e. The molecular weight excluding hydrogens is 1020 g/mol. The van der Waals surface area contributed by atoms with Gasteiger partial charge in [0, 0.05) is 19.3 Å². The molecule has 1 atom stereocenters. The number of allylic oxidation sites excluding steroid dienone is 12. The van der Waals surface area contributed by atoms with Gasteiger partial charge in [-0.05, 0) is 89.9 Å². The molecule has 0 heterocycles. The van der Waals surface area contributed by atoms with Crippen LogP contribution in [-0.4, -0.2) is 37.2 Å². The predicted molar refractivity (Wildman–Crippen MR) is 362 cm³/mol. The first-order valence-corrected chi connectivity index (χ1v) is 36.4. The molecular formula is C77H138O6. The molecule has 0 spiro atoms. The number of hydrogen-bond acceptors (Lipinski definition) is 6. The fourth-order valence-electron chi connectivity index (χ4n) is 10.8. The van der Waals surface area contributed by atoms with Crippen molar-refractivity contribution in [3.05, 3.63) is 72.9 Å². The average molecular weight is 1160 g/mol. The number of ether oxygens (including phenoxy) is 3. The van der Waals surface area contributed by atoms with Gasteiger partial charge >= 0.3 is 17.9 Å². The summed E-state index contributed by atoms with van der Waals surface area (Å²) < 4.78 is 17.0. The number of hydrogen-bond donors (Lipinski definition) is 0. The molecule has 1 unspecified atom stereocenters. The number of unbranched alkanes of at least 4 members (excludes halogenated alkanes) is 44. The van der Waals surface area contributed by atoms with Gasteiger partial charge in [-0.1, -0.05) is 344 Å². The van der Waals surface area contributed by atoms with Crippen molar-refractivity contribution in [2.75, 3.05) is 13.2 Å². The zero-order chi connectivity index (χ0) is 59.9. The third-order valence-corrected chi connectivity index (χ3v) is 16.2. The van der Waals surface area contributed by atoms with Crippen LogP contribution >= 0.6 is 0 Å². The standard InChI is InChI=1S/C77H138O6/c1-4-7-10-13-16-19-22-25-28-30-32-33-34-35-36-37-38-39-40-41-42-43-45-46-49-52-55-58-61-64-67-70-76(79)82-73-74(72-81-75(78)69-66-63-60-57-54-51-48-27-24-21-18-15-12-9-6-3)83-77(80)71-68-65-62-59-56-53-50-47-44-31-29-26-23-20-17-14-11-8-5-2/h9,12,17-18,20-21,26-27,29,44,47-48,74H,4-8,10-11,13-16,19,22-25,28,30-43,45-46,49-73H2,1-3H3/b12-9-,20-17-,21-18-,29-26-,47-44-,48-27-. The van der Waals surface area contributed by atoms with E-state index >= 15 is 0 Å². The summed E-state index contributed by atoms with van der Waals surface area (Å²) in [7, 11) is 0. The van der Waals surface area contributed by atoms with Crippen LogP contribution in [0.1, 0.15) is 380 Å². The lowest BCUT2D eigenvalue weighted by Crippen LogP contribution is -2.30. The van der Waals surface area contributed by atoms with E-state index in [-0.39, 0.29) is 31.1 Å². The first-order chi connectivity index (χ1) is 41.0. The van der Waals surface area contributed by atoms with Gasteiger partial charge in [-0.25, -0.2) is 0 Å². The maximum absolute atomic E-state index is 12.9. The van der Waals surface area contributed by atoms with E-state index in [4.69, 9.17) is 14.2 Å². The lowest BCUT2D eigenvalue weighted by Gasteiger charge is -2.18. The zero-order valence-corrected chi connectivity index (χ0v) is 55.5. The van der Waals surface area contributed by atoms with Crippen LogP contribution in [0.2, 0.25) is 0 Å². The normalized spacial score (nSPS) is 12.5. The van der Waals surface area contributed by atoms with Crippen molar-refractivity contribution < 1.29 is 28.6 Å². The van der Waals surface area contributed by atoms with Crippen LogP contribution in [0, 0.1) is 0 Å². The van der Waals surface area contributed by atoms with Crippen LogP contribution in [0.25, 0.3) is 0 Å². The van der Waals surface area contributed by atoms with Crippen LogP contribution in [-0.2, 0) is 28.6 Å². The molecule has 0 aliphatic carbocycles. The summed E-state index contributed by atoms with van der Waals surface area (Å²) in [5.41, 5.74) is 0. The monoisotopic (exact) mass is 1160 g/mol. The Labute approximate surface area is 516 Å². The molecule has 83 heavy (non-hydrogen) atoms. The summed E-state index contributed by atoms with van der Waals surface area (Å²) in [5, 5.41) is 0. The van der Waals surface area contributed by atoms with Crippen molar-refractivity contribution in [2.24, 2.45) is 0 Å². The van der Waals surface area contributed by atoms with E-state index in [9.17, 15) is 14.4 Å². The number of esters is 3. The Morgan fingerprint density at radius 1 is 0.253 bits per heavy atom. The highest BCUT2D eigenvalue weighted by molar-refractivity contribution is 5.71. The molecule has 0 aliphatic heterocycles. The van der Waals surface area contributed by atoms with Crippen LogP contribution in [0.15, 0.2) is 72.9 Å². The van der Waals surface area contributed by atoms with Crippen molar-refractivity contribution >= 4 is 17.9 Å². The second kappa shape index (κ2) is 71.3. The Morgan fingerprint density at radius 3 is 0.759 bits per heavy atom. The molecule has 0 saturated carbocycles. The minimum atomic E-state index is -0.791. The fourth-order valence-corrected chi connectivity index (χ4v) is 10.8. The largest absolute Gasteiger partial charge is 0.462 e. The SMILES string of the molecule is CC/C=C\C/C=C\C/C=C\CCCCCCCC(=O)OCC(COC(=O)CCCCCCCCCCCCCCCCCCCCCCCCCCCCCCCCC)OC(=O)CCCCCCCC/C=C\C/C=C\C/C=C\CCCCC. The van der Waals surface area contributed by atoms with E-state index in [2.05, 4.69) is 93.7 Å². The molecule has 6 nitrogen and oxygen atoms in total. The van der Waals surface area contributed by atoms with Crippen LogP contribution in [0.4, 0.5) is 0 Å². The molecule has 482 valence electrons. The third kappa shape index (κ3) is 69.5. The Balaban J connectivity index is 4.22. The molecule has 0 aliphatic rings. The molecule has 0 radical (unpaired) electrons. The van der Waals surface area contributed by atoms with Gasteiger partial charge in [0.15, 0.2) is 6.10 Å². The van der Waals surface area contributed by atoms with Gasteiger partial charge in [0.2, 0.25) is 0 Å². The van der Waals surface area contributed by atoms with E-state index < -0.39 is 6.10 Å². The van der Waals surface area contributed by atoms with Crippen molar-refractivity contribution in [1.29, 1.82) is 0 Å². The molecule has 0 bridgehead atoms. The zero-order valence-electron chi connectivity index (χ0n) is 55.5. The summed E-state index contributed by atoms with van der Waals surface area (Å²) in [6.45, 7) is 6.53. The molecule has 0 aromatic rings. The summed E-state index contributed by atoms with van der Waals surface area (Å²) >= 11 is 0. The van der Waals surface area contributed by atoms with Gasteiger partial charge in [0.1, 0.15) is 13.2 Å². The maximum atomic E-state index is 12.9. The summed E-state index contributed by atoms with van der Waals surface area (Å²) in [4.78, 5) is 38.4. The van der Waals surface area contributed by atoms with Gasteiger partial charge in [-0.3, -0.25) is 14.4 Å². The van der Waals surface area contributed by atoms with E-state index in [1.54, 1.807) is 0 Å². The maximum Gasteiger partial charge on any atom is 0.306 e. The summed E-state index contributed by atoms with van der Waals surface area (Å²) in [6, 6.07) is 0. The average Bonchev–Trinajstić information content (AvgIpc) is 3.50. The molecule has 0 aromatic carbocycles. The quantitative estimate of drug-likeness (QED) is 0.0261. The molecule has 0 saturated heterocycles. The highest BCUT2D eigenvalue weighted by atomic mass is 16.6. The first-order valence-electron chi connectivity index (χ1n) is 36.4. The highest BCUT2D eigenvalue weighted by Gasteiger charge is 2.19.